The smallest absolute Gasteiger partial charge is 0.262 e. The molecule has 11 heteroatoms. The molecule has 0 bridgehead atoms. The summed E-state index contributed by atoms with van der Waals surface area (Å²) in [6.07, 6.45) is -1.70. The van der Waals surface area contributed by atoms with Gasteiger partial charge in [-0.3, -0.25) is 4.90 Å². The van der Waals surface area contributed by atoms with Crippen LogP contribution in [0.3, 0.4) is 0 Å². The van der Waals surface area contributed by atoms with E-state index in [4.69, 9.17) is 10.5 Å². The van der Waals surface area contributed by atoms with Crippen LogP contribution in [-0.4, -0.2) is 85.7 Å². The summed E-state index contributed by atoms with van der Waals surface area (Å²) in [5.74, 6) is -2.49. The SMILES string of the molecule is Nc1ncnn2c([C@@H]3O[C@H](CN4CC(F)(F)CC45CCNCC5)[C@@H](O)[C@H]3O)ccc12. The van der Waals surface area contributed by atoms with E-state index in [1.54, 1.807) is 17.0 Å². The maximum absolute atomic E-state index is 14.3. The minimum Gasteiger partial charge on any atom is -0.388 e. The number of aromatic nitrogens is 3. The molecular weight excluding hydrogens is 398 g/mol. The third kappa shape index (κ3) is 3.16. The second-order valence-electron chi connectivity index (χ2n) is 8.66. The van der Waals surface area contributed by atoms with Crippen molar-refractivity contribution in [1.29, 1.82) is 0 Å². The normalized spacial score (nSPS) is 33.6. The van der Waals surface area contributed by atoms with Gasteiger partial charge in [0.2, 0.25) is 0 Å². The lowest BCUT2D eigenvalue weighted by Gasteiger charge is -2.42. The first-order valence-corrected chi connectivity index (χ1v) is 10.2. The number of hydrogen-bond donors (Lipinski definition) is 4. The Balaban J connectivity index is 1.39. The van der Waals surface area contributed by atoms with Crippen LogP contribution in [0.2, 0.25) is 0 Å². The van der Waals surface area contributed by atoms with Crippen molar-refractivity contribution in [3.8, 4) is 0 Å². The molecule has 9 nitrogen and oxygen atoms in total. The van der Waals surface area contributed by atoms with Gasteiger partial charge in [-0.1, -0.05) is 0 Å². The van der Waals surface area contributed by atoms with Crippen LogP contribution in [0.5, 0.6) is 0 Å². The summed E-state index contributed by atoms with van der Waals surface area (Å²) in [6, 6.07) is 3.42. The minimum atomic E-state index is -2.77. The molecule has 3 fully saturated rings. The van der Waals surface area contributed by atoms with Gasteiger partial charge in [0.1, 0.15) is 30.2 Å². The first kappa shape index (κ1) is 20.0. The fourth-order valence-corrected chi connectivity index (χ4v) is 5.29. The summed E-state index contributed by atoms with van der Waals surface area (Å²) in [7, 11) is 0. The van der Waals surface area contributed by atoms with E-state index in [1.165, 1.54) is 10.8 Å². The number of nitrogens with zero attached hydrogens (tertiary/aromatic N) is 4. The number of halogens is 2. The van der Waals surface area contributed by atoms with Crippen LogP contribution in [0.4, 0.5) is 14.6 Å². The van der Waals surface area contributed by atoms with E-state index in [9.17, 15) is 19.0 Å². The van der Waals surface area contributed by atoms with E-state index in [0.29, 0.717) is 37.1 Å². The highest BCUT2D eigenvalue weighted by atomic mass is 19.3. The van der Waals surface area contributed by atoms with Crippen molar-refractivity contribution in [1.82, 2.24) is 24.8 Å². The number of alkyl halides is 2. The minimum absolute atomic E-state index is 0.130. The Morgan fingerprint density at radius 3 is 2.77 bits per heavy atom. The first-order chi connectivity index (χ1) is 14.3. The van der Waals surface area contributed by atoms with Crippen molar-refractivity contribution in [2.24, 2.45) is 0 Å². The van der Waals surface area contributed by atoms with Gasteiger partial charge in [0, 0.05) is 18.5 Å². The van der Waals surface area contributed by atoms with E-state index in [-0.39, 0.29) is 25.3 Å². The topological polar surface area (TPSA) is 121 Å². The van der Waals surface area contributed by atoms with Crippen molar-refractivity contribution in [2.45, 2.75) is 55.1 Å². The van der Waals surface area contributed by atoms with Gasteiger partial charge in [-0.05, 0) is 38.1 Å². The van der Waals surface area contributed by atoms with Crippen molar-refractivity contribution in [3.63, 3.8) is 0 Å². The number of hydrogen-bond acceptors (Lipinski definition) is 8. The van der Waals surface area contributed by atoms with Gasteiger partial charge in [0.15, 0.2) is 5.82 Å². The third-order valence-corrected chi connectivity index (χ3v) is 6.78. The summed E-state index contributed by atoms with van der Waals surface area (Å²) in [6.45, 7) is 1.13. The standard InChI is InChI=1S/C19H26F2N6O3/c20-19(21)8-18(3-5-23-6-4-18)26(9-19)7-13-14(28)15(29)16(30-13)11-1-2-12-17(22)24-10-25-27(11)12/h1-2,10,13-16,23,28-29H,3-9H2,(H2,22,24,25)/t13-,14-,15-,16+/m1/s1. The summed E-state index contributed by atoms with van der Waals surface area (Å²) in [4.78, 5) is 5.69. The molecule has 0 unspecified atom stereocenters. The van der Waals surface area contributed by atoms with Crippen LogP contribution < -0.4 is 11.1 Å². The molecule has 3 aliphatic heterocycles. The second kappa shape index (κ2) is 7.06. The van der Waals surface area contributed by atoms with Gasteiger partial charge >= 0.3 is 0 Å². The van der Waals surface area contributed by atoms with Gasteiger partial charge in [-0.15, -0.1) is 0 Å². The average Bonchev–Trinajstić information content (AvgIpc) is 3.32. The number of fused-ring (bicyclic) bond motifs is 1. The zero-order chi connectivity index (χ0) is 21.1. The van der Waals surface area contributed by atoms with E-state index in [1.807, 2.05) is 0 Å². The molecule has 3 aliphatic rings. The van der Waals surface area contributed by atoms with Crippen LogP contribution in [-0.2, 0) is 4.74 Å². The van der Waals surface area contributed by atoms with Crippen molar-refractivity contribution in [3.05, 3.63) is 24.2 Å². The number of likely N-dealkylation sites (tertiary alicyclic amines) is 1. The zero-order valence-electron chi connectivity index (χ0n) is 16.4. The number of piperidine rings is 1. The molecule has 5 N–H and O–H groups in total. The molecule has 5 heterocycles. The van der Waals surface area contributed by atoms with Gasteiger partial charge < -0.3 is 26.0 Å². The Labute approximate surface area is 171 Å². The Bertz CT molecular complexity index is 934. The van der Waals surface area contributed by atoms with E-state index < -0.39 is 35.9 Å². The molecule has 3 saturated heterocycles. The van der Waals surface area contributed by atoms with E-state index >= 15 is 0 Å². The predicted molar refractivity (Wildman–Crippen MR) is 103 cm³/mol. The fourth-order valence-electron chi connectivity index (χ4n) is 5.29. The van der Waals surface area contributed by atoms with Crippen LogP contribution in [0.1, 0.15) is 31.1 Å². The van der Waals surface area contributed by atoms with E-state index in [0.717, 1.165) is 0 Å². The molecular formula is C19H26F2N6O3. The molecule has 164 valence electrons. The molecule has 0 aliphatic carbocycles. The Kier molecular flexibility index (Phi) is 4.71. The van der Waals surface area contributed by atoms with Crippen molar-refractivity contribution < 1.29 is 23.7 Å². The Morgan fingerprint density at radius 2 is 2.00 bits per heavy atom. The highest BCUT2D eigenvalue weighted by Gasteiger charge is 2.56. The summed E-state index contributed by atoms with van der Waals surface area (Å²) in [5, 5.41) is 28.7. The molecule has 0 saturated carbocycles. The third-order valence-electron chi connectivity index (χ3n) is 6.78. The van der Waals surface area contributed by atoms with Gasteiger partial charge in [0.25, 0.3) is 5.92 Å². The fraction of sp³-hybridized carbons (Fsp3) is 0.684. The number of nitrogens with two attached hydrogens (primary N) is 1. The molecule has 1 spiro atoms. The molecule has 0 radical (unpaired) electrons. The summed E-state index contributed by atoms with van der Waals surface area (Å²) < 4.78 is 36.2. The van der Waals surface area contributed by atoms with Crippen LogP contribution >= 0.6 is 0 Å². The van der Waals surface area contributed by atoms with Crippen LogP contribution in [0, 0.1) is 0 Å². The molecule has 5 rings (SSSR count). The van der Waals surface area contributed by atoms with Crippen molar-refractivity contribution >= 4 is 11.3 Å². The lowest BCUT2D eigenvalue weighted by molar-refractivity contribution is -0.0357. The first-order valence-electron chi connectivity index (χ1n) is 10.2. The van der Waals surface area contributed by atoms with Gasteiger partial charge in [-0.25, -0.2) is 18.3 Å². The van der Waals surface area contributed by atoms with Crippen molar-refractivity contribution in [2.75, 3.05) is 31.9 Å². The number of aliphatic hydroxyl groups excluding tert-OH is 2. The maximum atomic E-state index is 14.3. The highest BCUT2D eigenvalue weighted by Crippen LogP contribution is 2.45. The van der Waals surface area contributed by atoms with Gasteiger partial charge in [-0.2, -0.15) is 5.10 Å². The zero-order valence-corrected chi connectivity index (χ0v) is 16.4. The molecule has 4 atom stereocenters. The molecule has 0 aromatic carbocycles. The lowest BCUT2D eigenvalue weighted by atomic mass is 9.85. The highest BCUT2D eigenvalue weighted by molar-refractivity contribution is 5.65. The number of ether oxygens (including phenoxy) is 1. The molecule has 2 aromatic heterocycles. The Morgan fingerprint density at radius 1 is 1.23 bits per heavy atom. The maximum Gasteiger partial charge on any atom is 0.262 e. The monoisotopic (exact) mass is 424 g/mol. The second-order valence-corrected chi connectivity index (χ2v) is 8.66. The molecule has 2 aromatic rings. The van der Waals surface area contributed by atoms with Crippen LogP contribution in [0.15, 0.2) is 18.5 Å². The molecule has 30 heavy (non-hydrogen) atoms. The average molecular weight is 424 g/mol. The van der Waals surface area contributed by atoms with Crippen LogP contribution in [0.25, 0.3) is 5.52 Å². The van der Waals surface area contributed by atoms with Gasteiger partial charge in [0.05, 0.1) is 18.3 Å². The number of nitrogens with one attached hydrogen (secondary N) is 1. The quantitative estimate of drug-likeness (QED) is 0.541. The van der Waals surface area contributed by atoms with E-state index in [2.05, 4.69) is 15.4 Å². The molecule has 0 amide bonds. The number of aliphatic hydroxyl groups is 2. The largest absolute Gasteiger partial charge is 0.388 e. The number of rotatable bonds is 3. The lowest BCUT2D eigenvalue weighted by Crippen LogP contribution is -2.54. The predicted octanol–water partition coefficient (Wildman–Crippen LogP) is -0.0636. The number of nitrogen functional groups attached to an aromatic ring is 1. The summed E-state index contributed by atoms with van der Waals surface area (Å²) in [5.41, 5.74) is 6.35. The number of anilines is 1. The summed E-state index contributed by atoms with van der Waals surface area (Å²) >= 11 is 0. The Hall–Kier alpha value is -1.92.